The van der Waals surface area contributed by atoms with Crippen molar-refractivity contribution >= 4 is 23.2 Å². The minimum atomic E-state index is -0.604. The van der Waals surface area contributed by atoms with Crippen molar-refractivity contribution in [2.24, 2.45) is 0 Å². The van der Waals surface area contributed by atoms with Crippen LogP contribution in [0, 0.1) is 10.1 Å². The number of nitrogens with zero attached hydrogens (tertiary/aromatic N) is 2. The van der Waals surface area contributed by atoms with Gasteiger partial charge in [-0.2, -0.15) is 0 Å². The van der Waals surface area contributed by atoms with Gasteiger partial charge < -0.3 is 16.0 Å². The van der Waals surface area contributed by atoms with E-state index in [2.05, 4.69) is 5.32 Å². The van der Waals surface area contributed by atoms with Gasteiger partial charge in [-0.15, -0.1) is 0 Å². The molecular formula is C13H16N4O4. The molecule has 8 heteroatoms. The maximum atomic E-state index is 12.5. The highest BCUT2D eigenvalue weighted by Gasteiger charge is 2.32. The van der Waals surface area contributed by atoms with E-state index < -0.39 is 11.0 Å². The predicted molar refractivity (Wildman–Crippen MR) is 75.6 cm³/mol. The van der Waals surface area contributed by atoms with Crippen molar-refractivity contribution in [3.8, 4) is 0 Å². The van der Waals surface area contributed by atoms with Gasteiger partial charge in [0.05, 0.1) is 4.92 Å². The van der Waals surface area contributed by atoms with Gasteiger partial charge >= 0.3 is 0 Å². The smallest absolute Gasteiger partial charge is 0.292 e. The molecular weight excluding hydrogens is 276 g/mol. The number of nitrogens with two attached hydrogens (primary N) is 1. The van der Waals surface area contributed by atoms with Crippen LogP contribution in [-0.4, -0.2) is 40.8 Å². The van der Waals surface area contributed by atoms with Gasteiger partial charge in [0, 0.05) is 24.7 Å². The van der Waals surface area contributed by atoms with Crippen LogP contribution in [-0.2, 0) is 4.79 Å². The summed E-state index contributed by atoms with van der Waals surface area (Å²) in [7, 11) is 0. The molecule has 1 heterocycles. The van der Waals surface area contributed by atoms with Gasteiger partial charge in [0.15, 0.2) is 0 Å². The molecule has 112 valence electrons. The number of nitro benzene ring substituents is 1. The monoisotopic (exact) mass is 292 g/mol. The highest BCUT2D eigenvalue weighted by Crippen LogP contribution is 2.23. The number of amides is 2. The summed E-state index contributed by atoms with van der Waals surface area (Å²) in [5, 5.41) is 13.4. The average Bonchev–Trinajstić information content (AvgIpc) is 2.45. The van der Waals surface area contributed by atoms with E-state index in [1.165, 1.54) is 23.1 Å². The number of nitro groups is 1. The van der Waals surface area contributed by atoms with Crippen molar-refractivity contribution in [2.45, 2.75) is 19.4 Å². The first-order valence-corrected chi connectivity index (χ1v) is 6.58. The molecule has 3 N–H and O–H groups in total. The highest BCUT2D eigenvalue weighted by molar-refractivity contribution is 5.99. The van der Waals surface area contributed by atoms with Gasteiger partial charge in [0.25, 0.3) is 11.6 Å². The first-order chi connectivity index (χ1) is 9.95. The number of nitrogen functional groups attached to an aromatic ring is 1. The first-order valence-electron chi connectivity index (χ1n) is 6.58. The van der Waals surface area contributed by atoms with E-state index >= 15 is 0 Å². The quantitative estimate of drug-likeness (QED) is 0.478. The number of benzene rings is 1. The predicted octanol–water partition coefficient (Wildman–Crippen LogP) is 0.528. The number of rotatable bonds is 3. The fourth-order valence-corrected chi connectivity index (χ4v) is 2.38. The lowest BCUT2D eigenvalue weighted by atomic mass is 10.1. The molecule has 2 amide bonds. The van der Waals surface area contributed by atoms with Crippen LogP contribution in [0.15, 0.2) is 18.2 Å². The maximum Gasteiger partial charge on any atom is 0.292 e. The van der Waals surface area contributed by atoms with E-state index in [1.54, 1.807) is 0 Å². The van der Waals surface area contributed by atoms with Gasteiger partial charge in [0.2, 0.25) is 5.91 Å². The van der Waals surface area contributed by atoms with E-state index in [9.17, 15) is 19.7 Å². The number of carbonyl (C=O) groups is 2. The molecule has 1 aliphatic heterocycles. The summed E-state index contributed by atoms with van der Waals surface area (Å²) >= 11 is 0. The van der Waals surface area contributed by atoms with Gasteiger partial charge in [0.1, 0.15) is 11.7 Å². The minimum absolute atomic E-state index is 0.0691. The molecule has 1 aromatic carbocycles. The van der Waals surface area contributed by atoms with E-state index in [-0.39, 0.29) is 28.8 Å². The molecule has 1 aromatic rings. The Balaban J connectivity index is 2.29. The summed E-state index contributed by atoms with van der Waals surface area (Å²) in [4.78, 5) is 35.8. The Morgan fingerprint density at radius 1 is 1.57 bits per heavy atom. The van der Waals surface area contributed by atoms with Crippen molar-refractivity contribution in [2.75, 3.05) is 18.8 Å². The van der Waals surface area contributed by atoms with Gasteiger partial charge in [-0.1, -0.05) is 6.92 Å². The second-order valence-electron chi connectivity index (χ2n) is 4.74. The van der Waals surface area contributed by atoms with Crippen LogP contribution in [0.5, 0.6) is 0 Å². The van der Waals surface area contributed by atoms with Crippen LogP contribution in [0.1, 0.15) is 23.7 Å². The van der Waals surface area contributed by atoms with E-state index in [4.69, 9.17) is 5.73 Å². The minimum Gasteiger partial charge on any atom is -0.393 e. The lowest BCUT2D eigenvalue weighted by Crippen LogP contribution is -2.56. The molecule has 0 spiro atoms. The SMILES string of the molecule is CCC1C(=O)NCCN1C(=O)c1ccc([N+](=O)[O-])c(N)c1. The van der Waals surface area contributed by atoms with E-state index in [0.29, 0.717) is 19.5 Å². The summed E-state index contributed by atoms with van der Waals surface area (Å²) in [5.74, 6) is -0.537. The third kappa shape index (κ3) is 2.78. The number of piperazine rings is 1. The molecule has 0 aliphatic carbocycles. The van der Waals surface area contributed by atoms with Crippen molar-refractivity contribution in [1.82, 2.24) is 10.2 Å². The number of nitrogens with one attached hydrogen (secondary N) is 1. The number of hydrogen-bond donors (Lipinski definition) is 2. The highest BCUT2D eigenvalue weighted by atomic mass is 16.6. The lowest BCUT2D eigenvalue weighted by molar-refractivity contribution is -0.383. The largest absolute Gasteiger partial charge is 0.393 e. The number of carbonyl (C=O) groups excluding carboxylic acids is 2. The van der Waals surface area contributed by atoms with E-state index in [0.717, 1.165) is 0 Å². The standard InChI is InChI=1S/C13H16N4O4/c1-2-10-12(18)15-5-6-16(10)13(19)8-3-4-11(17(20)21)9(14)7-8/h3-4,7,10H,2,5-6,14H2,1H3,(H,15,18). The molecule has 8 nitrogen and oxygen atoms in total. The van der Waals surface area contributed by atoms with Crippen molar-refractivity contribution < 1.29 is 14.5 Å². The van der Waals surface area contributed by atoms with Gasteiger partial charge in [-0.05, 0) is 18.6 Å². The molecule has 2 rings (SSSR count). The number of anilines is 1. The molecule has 1 atom stereocenters. The van der Waals surface area contributed by atoms with Crippen LogP contribution in [0.2, 0.25) is 0 Å². The van der Waals surface area contributed by atoms with Gasteiger partial charge in [-0.25, -0.2) is 0 Å². The normalized spacial score (nSPS) is 18.2. The van der Waals surface area contributed by atoms with Crippen molar-refractivity contribution in [3.05, 3.63) is 33.9 Å². The Bertz CT molecular complexity index is 602. The summed E-state index contributed by atoms with van der Waals surface area (Å²) in [5.41, 5.74) is 5.52. The van der Waals surface area contributed by atoms with Crippen LogP contribution in [0.4, 0.5) is 11.4 Å². The fraction of sp³-hybridized carbons (Fsp3) is 0.385. The Labute approximate surface area is 121 Å². The zero-order chi connectivity index (χ0) is 15.6. The Morgan fingerprint density at radius 2 is 2.29 bits per heavy atom. The molecule has 1 saturated heterocycles. The van der Waals surface area contributed by atoms with Crippen LogP contribution in [0.3, 0.4) is 0 Å². The summed E-state index contributed by atoms with van der Waals surface area (Å²) in [6.45, 7) is 2.61. The van der Waals surface area contributed by atoms with Gasteiger partial charge in [-0.3, -0.25) is 19.7 Å². The van der Waals surface area contributed by atoms with Crippen molar-refractivity contribution in [1.29, 1.82) is 0 Å². The zero-order valence-electron chi connectivity index (χ0n) is 11.5. The van der Waals surface area contributed by atoms with Crippen LogP contribution >= 0.6 is 0 Å². The molecule has 1 fully saturated rings. The Kier molecular flexibility index (Phi) is 4.06. The molecule has 1 unspecified atom stereocenters. The Morgan fingerprint density at radius 3 is 2.86 bits per heavy atom. The topological polar surface area (TPSA) is 119 Å². The summed E-state index contributed by atoms with van der Waals surface area (Å²) in [6.07, 6.45) is 0.500. The Hall–Kier alpha value is -2.64. The molecule has 21 heavy (non-hydrogen) atoms. The number of hydrogen-bond acceptors (Lipinski definition) is 5. The second kappa shape index (κ2) is 5.78. The second-order valence-corrected chi connectivity index (χ2v) is 4.74. The van der Waals surface area contributed by atoms with E-state index in [1.807, 2.05) is 6.92 Å². The average molecular weight is 292 g/mol. The van der Waals surface area contributed by atoms with Crippen LogP contribution < -0.4 is 11.1 Å². The first kappa shape index (κ1) is 14.8. The molecule has 0 saturated carbocycles. The molecule has 1 aliphatic rings. The third-order valence-corrected chi connectivity index (χ3v) is 3.45. The molecule has 0 aromatic heterocycles. The third-order valence-electron chi connectivity index (χ3n) is 3.45. The lowest BCUT2D eigenvalue weighted by Gasteiger charge is -2.34. The van der Waals surface area contributed by atoms with Crippen molar-refractivity contribution in [3.63, 3.8) is 0 Å². The molecule has 0 radical (unpaired) electrons. The maximum absolute atomic E-state index is 12.5. The fourth-order valence-electron chi connectivity index (χ4n) is 2.38. The molecule has 0 bridgehead atoms. The zero-order valence-corrected chi connectivity index (χ0v) is 11.5. The summed E-state index contributed by atoms with van der Waals surface area (Å²) in [6, 6.07) is 3.31. The summed E-state index contributed by atoms with van der Waals surface area (Å²) < 4.78 is 0. The van der Waals surface area contributed by atoms with Crippen LogP contribution in [0.25, 0.3) is 0 Å².